The molecule has 0 amide bonds. The number of furan rings is 2. The number of para-hydroxylation sites is 2. The van der Waals surface area contributed by atoms with E-state index in [2.05, 4.69) is 139 Å². The van der Waals surface area contributed by atoms with E-state index in [1.807, 2.05) is 30.3 Å². The van der Waals surface area contributed by atoms with Gasteiger partial charge in [0, 0.05) is 38.2 Å². The molecule has 1 atom stereocenters. The van der Waals surface area contributed by atoms with Crippen LogP contribution in [0.5, 0.6) is 0 Å². The van der Waals surface area contributed by atoms with Crippen LogP contribution >= 0.6 is 0 Å². The van der Waals surface area contributed by atoms with Gasteiger partial charge >= 0.3 is 0 Å². The molecule has 1 unspecified atom stereocenters. The summed E-state index contributed by atoms with van der Waals surface area (Å²) in [6.07, 6.45) is -0.371. The van der Waals surface area contributed by atoms with Crippen molar-refractivity contribution >= 4 is 77.1 Å². The molecule has 2 aromatic heterocycles. The largest absolute Gasteiger partial charge is 0.456 e. The van der Waals surface area contributed by atoms with Gasteiger partial charge in [-0.15, -0.1) is 0 Å². The molecule has 5 heteroatoms. The number of nitrogens with one attached hydrogen (secondary N) is 1. The van der Waals surface area contributed by atoms with Crippen LogP contribution in [-0.2, 0) is 0 Å². The summed E-state index contributed by atoms with van der Waals surface area (Å²) < 4.78 is 13.3. The van der Waals surface area contributed by atoms with E-state index >= 15 is 0 Å². The van der Waals surface area contributed by atoms with Crippen LogP contribution in [0.3, 0.4) is 0 Å². The van der Waals surface area contributed by atoms with Crippen LogP contribution in [0.25, 0.3) is 76.5 Å². The van der Waals surface area contributed by atoms with Crippen molar-refractivity contribution in [1.82, 2.24) is 5.32 Å². The zero-order valence-electron chi connectivity index (χ0n) is 27.9. The fourth-order valence-electron chi connectivity index (χ4n) is 7.76. The third-order valence-corrected chi connectivity index (χ3v) is 10.3. The monoisotopic (exact) mass is 667 g/mol. The van der Waals surface area contributed by atoms with Crippen molar-refractivity contribution in [3.8, 4) is 11.1 Å². The summed E-state index contributed by atoms with van der Waals surface area (Å²) in [5.41, 5.74) is 8.22. The molecule has 0 bridgehead atoms. The zero-order chi connectivity index (χ0) is 34.2. The van der Waals surface area contributed by atoms with Crippen LogP contribution < -0.4 is 5.32 Å². The highest BCUT2D eigenvalue weighted by Crippen LogP contribution is 2.41. The molecular formula is C47H29N3O2. The highest BCUT2D eigenvalue weighted by molar-refractivity contribution is 6.24. The molecule has 1 aliphatic rings. The van der Waals surface area contributed by atoms with Gasteiger partial charge in [0.1, 0.15) is 34.3 Å². The fraction of sp³-hybridized carbons (Fsp3) is 0.0213. The Kier molecular flexibility index (Phi) is 6.25. The minimum Gasteiger partial charge on any atom is -0.456 e. The Balaban J connectivity index is 1.18. The van der Waals surface area contributed by atoms with Crippen molar-refractivity contribution in [2.45, 2.75) is 6.17 Å². The first-order chi connectivity index (χ1) is 25.7. The minimum absolute atomic E-state index is 0.371. The minimum atomic E-state index is -0.371. The summed E-state index contributed by atoms with van der Waals surface area (Å²) in [5.74, 6) is 1.40. The third kappa shape index (κ3) is 4.56. The molecule has 0 aliphatic carbocycles. The van der Waals surface area contributed by atoms with Crippen molar-refractivity contribution in [2.75, 3.05) is 0 Å². The summed E-state index contributed by atoms with van der Waals surface area (Å²) in [7, 11) is 0. The summed E-state index contributed by atoms with van der Waals surface area (Å²) in [4.78, 5) is 10.5. The predicted octanol–water partition coefficient (Wildman–Crippen LogP) is 12.0. The molecule has 0 fully saturated rings. The molecule has 244 valence electrons. The van der Waals surface area contributed by atoms with Crippen molar-refractivity contribution in [3.63, 3.8) is 0 Å². The van der Waals surface area contributed by atoms with Crippen molar-refractivity contribution in [3.05, 3.63) is 180 Å². The Hall–Kier alpha value is -6.98. The van der Waals surface area contributed by atoms with Gasteiger partial charge in [0.15, 0.2) is 5.84 Å². The molecule has 52 heavy (non-hydrogen) atoms. The first kappa shape index (κ1) is 28.8. The van der Waals surface area contributed by atoms with E-state index in [1.165, 1.54) is 10.8 Å². The van der Waals surface area contributed by atoms with E-state index in [0.29, 0.717) is 5.84 Å². The third-order valence-electron chi connectivity index (χ3n) is 10.3. The van der Waals surface area contributed by atoms with E-state index in [1.54, 1.807) is 0 Å². The second-order valence-electron chi connectivity index (χ2n) is 13.4. The summed E-state index contributed by atoms with van der Waals surface area (Å²) >= 11 is 0. The topological polar surface area (TPSA) is 63.0 Å². The molecule has 1 aliphatic heterocycles. The lowest BCUT2D eigenvalue weighted by molar-refractivity contribution is 0.667. The maximum atomic E-state index is 6.75. The Morgan fingerprint density at radius 2 is 1.19 bits per heavy atom. The zero-order valence-corrected chi connectivity index (χ0v) is 27.9. The number of rotatable bonds is 4. The number of hydrogen-bond acceptors (Lipinski definition) is 5. The Morgan fingerprint density at radius 3 is 2.06 bits per heavy atom. The van der Waals surface area contributed by atoms with Gasteiger partial charge in [-0.3, -0.25) is 0 Å². The lowest BCUT2D eigenvalue weighted by Gasteiger charge is -2.24. The van der Waals surface area contributed by atoms with E-state index in [-0.39, 0.29) is 6.17 Å². The fourth-order valence-corrected chi connectivity index (χ4v) is 7.76. The Morgan fingerprint density at radius 1 is 0.462 bits per heavy atom. The van der Waals surface area contributed by atoms with Crippen molar-refractivity contribution < 1.29 is 8.83 Å². The molecule has 0 radical (unpaired) electrons. The molecule has 0 saturated heterocycles. The lowest BCUT2D eigenvalue weighted by atomic mass is 9.95. The molecule has 5 nitrogen and oxygen atoms in total. The maximum Gasteiger partial charge on any atom is 0.159 e. The van der Waals surface area contributed by atoms with E-state index < -0.39 is 0 Å². The van der Waals surface area contributed by atoms with E-state index in [4.69, 9.17) is 18.8 Å². The number of aliphatic imine (C=N–C) groups is 2. The molecular weight excluding hydrogens is 639 g/mol. The molecule has 1 N–H and O–H groups in total. The van der Waals surface area contributed by atoms with Crippen molar-refractivity contribution in [2.24, 2.45) is 9.98 Å². The summed E-state index contributed by atoms with van der Waals surface area (Å²) in [5, 5.41) is 12.6. The highest BCUT2D eigenvalue weighted by Gasteiger charge is 2.26. The maximum absolute atomic E-state index is 6.75. The normalized spacial score (nSPS) is 14.7. The molecule has 8 aromatic carbocycles. The van der Waals surface area contributed by atoms with E-state index in [0.717, 1.165) is 88.3 Å². The standard InChI is InChI=1S/C47H29N3O2/c1-2-12-29(13-3-1)45-48-46(33-22-21-28-11-4-5-14-30(28)23-33)50-47(49-45)39-25-34(35-18-10-19-37-36-17-8-9-20-40(36)52-44(35)37)27-42-43(39)38-24-31-15-6-7-16-32(31)26-41(38)51-42/h1-27,46H,(H,48,49,50). The quantitative estimate of drug-likeness (QED) is 0.203. The summed E-state index contributed by atoms with van der Waals surface area (Å²) in [6, 6.07) is 56.9. The number of amidine groups is 2. The first-order valence-corrected chi connectivity index (χ1v) is 17.5. The average molecular weight is 668 g/mol. The average Bonchev–Trinajstić information content (AvgIpc) is 3.77. The van der Waals surface area contributed by atoms with Crippen molar-refractivity contribution in [1.29, 1.82) is 0 Å². The molecule has 10 aromatic rings. The molecule has 0 spiro atoms. The van der Waals surface area contributed by atoms with Crippen LogP contribution in [0.4, 0.5) is 0 Å². The second-order valence-corrected chi connectivity index (χ2v) is 13.4. The molecule has 3 heterocycles. The number of fused-ring (bicyclic) bond motifs is 8. The van der Waals surface area contributed by atoms with Crippen LogP contribution in [0.1, 0.15) is 22.9 Å². The van der Waals surface area contributed by atoms with Gasteiger partial charge in [-0.25, -0.2) is 9.98 Å². The number of hydrogen-bond donors (Lipinski definition) is 1. The van der Waals surface area contributed by atoms with Gasteiger partial charge in [-0.1, -0.05) is 127 Å². The lowest BCUT2D eigenvalue weighted by Crippen LogP contribution is -2.33. The van der Waals surface area contributed by atoms with Gasteiger partial charge in [0.25, 0.3) is 0 Å². The van der Waals surface area contributed by atoms with Crippen LogP contribution in [-0.4, -0.2) is 11.7 Å². The Labute approximate surface area is 298 Å². The second kappa shape index (κ2) is 11.3. The number of nitrogens with zero attached hydrogens (tertiary/aromatic N) is 2. The highest BCUT2D eigenvalue weighted by atomic mass is 16.3. The smallest absolute Gasteiger partial charge is 0.159 e. The van der Waals surface area contributed by atoms with Gasteiger partial charge in [-0.05, 0) is 69.1 Å². The SMILES string of the molecule is c1ccc(C2=NC(c3ccc4ccccc4c3)NC(c3cc(-c4cccc5c4oc4ccccc45)cc4oc5cc6ccccc6cc5c34)=N2)cc1. The van der Waals surface area contributed by atoms with Gasteiger partial charge in [0.2, 0.25) is 0 Å². The van der Waals surface area contributed by atoms with Gasteiger partial charge in [0.05, 0.1) is 0 Å². The molecule has 0 saturated carbocycles. The Bertz CT molecular complexity index is 3110. The first-order valence-electron chi connectivity index (χ1n) is 17.5. The van der Waals surface area contributed by atoms with Crippen LogP contribution in [0.2, 0.25) is 0 Å². The molecule has 11 rings (SSSR count). The van der Waals surface area contributed by atoms with E-state index in [9.17, 15) is 0 Å². The summed E-state index contributed by atoms with van der Waals surface area (Å²) in [6.45, 7) is 0. The van der Waals surface area contributed by atoms with Crippen LogP contribution in [0, 0.1) is 0 Å². The van der Waals surface area contributed by atoms with Gasteiger partial charge < -0.3 is 14.2 Å². The van der Waals surface area contributed by atoms with Crippen LogP contribution in [0.15, 0.2) is 183 Å². The predicted molar refractivity (Wildman–Crippen MR) is 213 cm³/mol. The number of benzene rings is 8. The van der Waals surface area contributed by atoms with Gasteiger partial charge in [-0.2, -0.15) is 0 Å².